The number of nitrogens with zero attached hydrogens (tertiary/aromatic N) is 2. The molecule has 3 rings (SSSR count). The highest BCUT2D eigenvalue weighted by molar-refractivity contribution is 5.70. The highest BCUT2D eigenvalue weighted by Crippen LogP contribution is 2.27. The van der Waals surface area contributed by atoms with E-state index in [9.17, 15) is 4.79 Å². The fourth-order valence-corrected chi connectivity index (χ4v) is 2.86. The number of carbonyl (C=O) groups excluding carboxylic acids is 1. The Morgan fingerprint density at radius 2 is 1.88 bits per heavy atom. The van der Waals surface area contributed by atoms with E-state index in [2.05, 4.69) is 44.0 Å². The molecule has 0 saturated heterocycles. The fraction of sp³-hybridized carbons (Fsp3) is 0.238. The third kappa shape index (κ3) is 3.79. The van der Waals surface area contributed by atoms with Gasteiger partial charge < -0.3 is 4.74 Å². The van der Waals surface area contributed by atoms with Crippen molar-refractivity contribution in [2.45, 2.75) is 33.3 Å². The monoisotopic (exact) mass is 334 g/mol. The molecule has 0 bridgehead atoms. The van der Waals surface area contributed by atoms with Gasteiger partial charge in [0.2, 0.25) is 0 Å². The summed E-state index contributed by atoms with van der Waals surface area (Å²) in [6, 6.07) is 15.9. The standard InChI is InChI=1S/C21H22N2O2/c1-15-8-7-11-19(16(15)2)17(3)20-12-23(14-22-20)21(24)25-13-18-9-5-4-6-10-18/h4-12,14,17H,13H2,1-3H3. The van der Waals surface area contributed by atoms with Crippen LogP contribution in [0.1, 0.15) is 40.8 Å². The van der Waals surface area contributed by atoms with Crippen molar-refractivity contribution < 1.29 is 9.53 Å². The number of benzene rings is 2. The predicted molar refractivity (Wildman–Crippen MR) is 97.7 cm³/mol. The average molecular weight is 334 g/mol. The van der Waals surface area contributed by atoms with Crippen LogP contribution in [0.2, 0.25) is 0 Å². The molecular formula is C21H22N2O2. The first-order chi connectivity index (χ1) is 12.1. The Morgan fingerprint density at radius 1 is 1.12 bits per heavy atom. The highest BCUT2D eigenvalue weighted by atomic mass is 16.5. The zero-order valence-electron chi connectivity index (χ0n) is 14.8. The molecule has 0 aliphatic rings. The quantitative estimate of drug-likeness (QED) is 0.686. The maximum atomic E-state index is 12.2. The van der Waals surface area contributed by atoms with Gasteiger partial charge in [-0.05, 0) is 36.1 Å². The van der Waals surface area contributed by atoms with Crippen LogP contribution in [0.3, 0.4) is 0 Å². The molecule has 1 atom stereocenters. The summed E-state index contributed by atoms with van der Waals surface area (Å²) in [4.78, 5) is 16.6. The number of aryl methyl sites for hydroxylation is 1. The second kappa shape index (κ2) is 7.34. The van der Waals surface area contributed by atoms with Crippen LogP contribution in [0, 0.1) is 13.8 Å². The summed E-state index contributed by atoms with van der Waals surface area (Å²) in [5, 5.41) is 0. The molecule has 0 fully saturated rings. The van der Waals surface area contributed by atoms with Gasteiger partial charge in [-0.2, -0.15) is 0 Å². The predicted octanol–water partition coefficient (Wildman–Crippen LogP) is 4.84. The molecule has 0 aliphatic carbocycles. The zero-order chi connectivity index (χ0) is 17.8. The van der Waals surface area contributed by atoms with Crippen LogP contribution in [0.25, 0.3) is 0 Å². The number of hydrogen-bond acceptors (Lipinski definition) is 3. The summed E-state index contributed by atoms with van der Waals surface area (Å²) in [6.07, 6.45) is 2.85. The molecule has 4 nitrogen and oxygen atoms in total. The van der Waals surface area contributed by atoms with Crippen LogP contribution in [0.15, 0.2) is 61.1 Å². The Hall–Kier alpha value is -2.88. The van der Waals surface area contributed by atoms with Crippen molar-refractivity contribution >= 4 is 6.09 Å². The minimum absolute atomic E-state index is 0.114. The van der Waals surface area contributed by atoms with Crippen LogP contribution in [0.5, 0.6) is 0 Å². The topological polar surface area (TPSA) is 44.1 Å². The molecular weight excluding hydrogens is 312 g/mol. The number of imidazole rings is 1. The van der Waals surface area contributed by atoms with Gasteiger partial charge in [0.25, 0.3) is 0 Å². The molecule has 1 unspecified atom stereocenters. The van der Waals surface area contributed by atoms with Gasteiger partial charge >= 0.3 is 6.09 Å². The first-order valence-corrected chi connectivity index (χ1v) is 8.37. The summed E-state index contributed by atoms with van der Waals surface area (Å²) in [5.41, 5.74) is 5.55. The average Bonchev–Trinajstić information content (AvgIpc) is 3.12. The molecule has 1 heterocycles. The van der Waals surface area contributed by atoms with E-state index in [0.29, 0.717) is 0 Å². The van der Waals surface area contributed by atoms with E-state index in [0.717, 1.165) is 11.3 Å². The van der Waals surface area contributed by atoms with E-state index in [1.54, 1.807) is 6.20 Å². The van der Waals surface area contributed by atoms with E-state index < -0.39 is 6.09 Å². The fourth-order valence-electron chi connectivity index (χ4n) is 2.86. The van der Waals surface area contributed by atoms with Crippen molar-refractivity contribution in [3.05, 3.63) is 89.0 Å². The van der Waals surface area contributed by atoms with Crippen LogP contribution >= 0.6 is 0 Å². The molecule has 4 heteroatoms. The minimum atomic E-state index is -0.421. The lowest BCUT2D eigenvalue weighted by Crippen LogP contribution is -2.11. The van der Waals surface area contributed by atoms with Crippen LogP contribution in [0.4, 0.5) is 4.79 Å². The number of carbonyl (C=O) groups is 1. The van der Waals surface area contributed by atoms with Crippen LogP contribution in [-0.4, -0.2) is 15.6 Å². The van der Waals surface area contributed by atoms with E-state index in [1.165, 1.54) is 27.6 Å². The molecule has 128 valence electrons. The normalized spacial score (nSPS) is 12.0. The van der Waals surface area contributed by atoms with Crippen molar-refractivity contribution in [2.24, 2.45) is 0 Å². The molecule has 25 heavy (non-hydrogen) atoms. The molecule has 0 saturated carbocycles. The van der Waals surface area contributed by atoms with Crippen LogP contribution in [-0.2, 0) is 11.3 Å². The van der Waals surface area contributed by atoms with Gasteiger partial charge in [-0.15, -0.1) is 0 Å². The van der Waals surface area contributed by atoms with Crippen molar-refractivity contribution in [2.75, 3.05) is 0 Å². The molecule has 0 amide bonds. The summed E-state index contributed by atoms with van der Waals surface area (Å²) < 4.78 is 6.74. The van der Waals surface area contributed by atoms with Gasteiger partial charge in [0, 0.05) is 12.1 Å². The zero-order valence-corrected chi connectivity index (χ0v) is 14.8. The molecule has 0 radical (unpaired) electrons. The van der Waals surface area contributed by atoms with Crippen molar-refractivity contribution in [1.82, 2.24) is 9.55 Å². The molecule has 2 aromatic carbocycles. The van der Waals surface area contributed by atoms with E-state index in [-0.39, 0.29) is 12.5 Å². The number of rotatable bonds is 4. The lowest BCUT2D eigenvalue weighted by Gasteiger charge is -2.14. The Morgan fingerprint density at radius 3 is 2.64 bits per heavy atom. The number of hydrogen-bond donors (Lipinski definition) is 0. The van der Waals surface area contributed by atoms with Gasteiger partial charge in [0.1, 0.15) is 12.9 Å². The number of ether oxygens (including phenoxy) is 1. The summed E-state index contributed by atoms with van der Waals surface area (Å²) in [6.45, 7) is 6.57. The Kier molecular flexibility index (Phi) is 4.98. The summed E-state index contributed by atoms with van der Waals surface area (Å²) >= 11 is 0. The van der Waals surface area contributed by atoms with Gasteiger partial charge in [0.15, 0.2) is 0 Å². The molecule has 0 spiro atoms. The molecule has 1 aromatic heterocycles. The lowest BCUT2D eigenvalue weighted by molar-refractivity contribution is 0.141. The molecule has 0 aliphatic heterocycles. The second-order valence-corrected chi connectivity index (χ2v) is 6.26. The third-order valence-electron chi connectivity index (χ3n) is 4.58. The van der Waals surface area contributed by atoms with Crippen LogP contribution < -0.4 is 0 Å². The largest absolute Gasteiger partial charge is 0.444 e. The van der Waals surface area contributed by atoms with Gasteiger partial charge in [0.05, 0.1) is 5.69 Å². The Bertz CT molecular complexity index is 869. The van der Waals surface area contributed by atoms with Crippen molar-refractivity contribution in [3.8, 4) is 0 Å². The number of aromatic nitrogens is 2. The molecule has 0 N–H and O–H groups in total. The second-order valence-electron chi connectivity index (χ2n) is 6.26. The smallest absolute Gasteiger partial charge is 0.419 e. The van der Waals surface area contributed by atoms with Crippen molar-refractivity contribution in [3.63, 3.8) is 0 Å². The third-order valence-corrected chi connectivity index (χ3v) is 4.58. The molecule has 3 aromatic rings. The van der Waals surface area contributed by atoms with E-state index >= 15 is 0 Å². The Labute approximate surface area is 148 Å². The SMILES string of the molecule is Cc1cccc(C(C)c2cn(C(=O)OCc3ccccc3)cn2)c1C. The summed E-state index contributed by atoms with van der Waals surface area (Å²) in [5.74, 6) is 0.114. The first kappa shape index (κ1) is 17.0. The van der Waals surface area contributed by atoms with Gasteiger partial charge in [-0.25, -0.2) is 14.3 Å². The maximum absolute atomic E-state index is 12.2. The van der Waals surface area contributed by atoms with E-state index in [4.69, 9.17) is 4.74 Å². The lowest BCUT2D eigenvalue weighted by atomic mass is 9.92. The van der Waals surface area contributed by atoms with Gasteiger partial charge in [-0.1, -0.05) is 55.5 Å². The highest BCUT2D eigenvalue weighted by Gasteiger charge is 2.16. The van der Waals surface area contributed by atoms with Gasteiger partial charge in [-0.3, -0.25) is 0 Å². The van der Waals surface area contributed by atoms with E-state index in [1.807, 2.05) is 30.3 Å². The maximum Gasteiger partial charge on any atom is 0.419 e. The van der Waals surface area contributed by atoms with Crippen molar-refractivity contribution in [1.29, 1.82) is 0 Å². The first-order valence-electron chi connectivity index (χ1n) is 8.37. The minimum Gasteiger partial charge on any atom is -0.444 e. The Balaban J connectivity index is 1.71. The summed E-state index contributed by atoms with van der Waals surface area (Å²) in [7, 11) is 0.